The highest BCUT2D eigenvalue weighted by Crippen LogP contribution is 2.21. The van der Waals surface area contributed by atoms with E-state index in [1.165, 1.54) is 55.6 Å². The summed E-state index contributed by atoms with van der Waals surface area (Å²) in [6.45, 7) is 22.3. The molecule has 12 rings (SSSR count). The molecule has 0 atom stereocenters. The van der Waals surface area contributed by atoms with Crippen LogP contribution in [0.25, 0.3) is 0 Å². The van der Waals surface area contributed by atoms with Crippen LogP contribution in [0.3, 0.4) is 0 Å². The summed E-state index contributed by atoms with van der Waals surface area (Å²) in [4.78, 5) is 37.7. The van der Waals surface area contributed by atoms with Gasteiger partial charge in [-0.15, -0.1) is 18.4 Å². The van der Waals surface area contributed by atoms with Crippen LogP contribution >= 0.6 is 63.7 Å². The van der Waals surface area contributed by atoms with Crippen molar-refractivity contribution >= 4 is 83.7 Å². The first-order valence-corrected chi connectivity index (χ1v) is 40.0. The van der Waals surface area contributed by atoms with Crippen molar-refractivity contribution in [2.24, 2.45) is 0 Å². The lowest BCUT2D eigenvalue weighted by molar-refractivity contribution is -0.136. The monoisotopic (exact) mass is 1650 g/mol. The fourth-order valence-electron chi connectivity index (χ4n) is 9.52. The fourth-order valence-corrected chi connectivity index (χ4v) is 11.6. The third kappa shape index (κ3) is 30.1. The summed E-state index contributed by atoms with van der Waals surface area (Å²) >= 11 is 13.6. The molecule has 4 aromatic heterocycles. The number of carboxylic acids is 2. The van der Waals surface area contributed by atoms with Crippen molar-refractivity contribution in [3.8, 4) is 48.0 Å². The van der Waals surface area contributed by atoms with Gasteiger partial charge in [0.1, 0.15) is 8.07 Å². The van der Waals surface area contributed by atoms with Gasteiger partial charge in [0.25, 0.3) is 0 Å². The summed E-state index contributed by atoms with van der Waals surface area (Å²) in [6, 6.07) is 50.8. The number of terminal acetylenes is 2. The first kappa shape index (κ1) is 82.8. The van der Waals surface area contributed by atoms with Crippen molar-refractivity contribution in [3.05, 3.63) is 352 Å². The Hall–Kier alpha value is -10.1. The lowest BCUT2D eigenvalue weighted by Crippen LogP contribution is -2.15. The maximum Gasteiger partial charge on any atom is 0.335 e. The van der Waals surface area contributed by atoms with Crippen LogP contribution in [0, 0.1) is 89.5 Å². The van der Waals surface area contributed by atoms with E-state index in [9.17, 15) is 9.59 Å². The number of benzene rings is 8. The normalized spacial score (nSPS) is 10.1. The number of carboxylic acid groups (broad SMARTS) is 2. The van der Waals surface area contributed by atoms with E-state index in [-0.39, 0.29) is 18.6 Å². The number of imidazole rings is 4. The Morgan fingerprint density at radius 1 is 0.423 bits per heavy atom. The first-order chi connectivity index (χ1) is 49.8. The van der Waals surface area contributed by atoms with Crippen LogP contribution in [-0.2, 0) is 49.3 Å². The summed E-state index contributed by atoms with van der Waals surface area (Å²) in [5.74, 6) is 13.3. The number of halogens is 4. The van der Waals surface area contributed by atoms with Gasteiger partial charge in [-0.25, -0.2) is 24.7 Å². The number of aromatic carboxylic acids is 1. The van der Waals surface area contributed by atoms with Gasteiger partial charge in [-0.05, 0) is 223 Å². The molecule has 18 heteroatoms. The minimum atomic E-state index is -1.10. The molecule has 3 N–H and O–H groups in total. The van der Waals surface area contributed by atoms with E-state index in [0.717, 1.165) is 89.4 Å². The van der Waals surface area contributed by atoms with Gasteiger partial charge in [-0.1, -0.05) is 161 Å². The van der Waals surface area contributed by atoms with Crippen LogP contribution < -0.4 is 0 Å². The highest BCUT2D eigenvalue weighted by Gasteiger charge is 2.08. The number of aliphatic hydroxyl groups excluding tert-OH is 1. The number of alkyl halides is 1. The zero-order valence-electron chi connectivity index (χ0n) is 59.8. The molecular formula is C86H84Br4N8O5Si. The van der Waals surface area contributed by atoms with Gasteiger partial charge in [-0.2, -0.15) is 0 Å². The quantitative estimate of drug-likeness (QED) is 0.0578. The zero-order chi connectivity index (χ0) is 75.6. The fraction of sp³-hybridized carbons (Fsp3) is 0.186. The number of aliphatic hydroxyl groups is 1. The molecular weight excluding hydrogens is 1570 g/mol. The third-order valence-electron chi connectivity index (χ3n) is 15.6. The number of aliphatic carboxylic acids is 1. The van der Waals surface area contributed by atoms with Crippen molar-refractivity contribution in [1.29, 1.82) is 0 Å². The summed E-state index contributed by atoms with van der Waals surface area (Å²) in [6.07, 6.45) is 32.7. The van der Waals surface area contributed by atoms with E-state index >= 15 is 0 Å². The van der Waals surface area contributed by atoms with Crippen molar-refractivity contribution in [3.63, 3.8) is 0 Å². The highest BCUT2D eigenvalue weighted by molar-refractivity contribution is 9.11. The van der Waals surface area contributed by atoms with E-state index in [2.05, 4.69) is 244 Å². The molecule has 530 valence electrons. The molecule has 0 spiro atoms. The summed E-state index contributed by atoms with van der Waals surface area (Å²) < 4.78 is 11.5. The minimum absolute atomic E-state index is 0.0330. The second-order valence-electron chi connectivity index (χ2n) is 25.1. The van der Waals surface area contributed by atoms with E-state index in [1.807, 2.05) is 113 Å². The molecule has 0 aliphatic carbocycles. The van der Waals surface area contributed by atoms with Crippen molar-refractivity contribution < 1.29 is 24.9 Å². The van der Waals surface area contributed by atoms with Crippen LogP contribution in [0.1, 0.15) is 111 Å². The average molecular weight is 1660 g/mol. The number of hydrogen-bond donors (Lipinski definition) is 3. The second-order valence-corrected chi connectivity index (χ2v) is 33.2. The molecule has 0 fully saturated rings. The molecule has 4 heterocycles. The Labute approximate surface area is 647 Å². The van der Waals surface area contributed by atoms with E-state index in [1.54, 1.807) is 73.8 Å². The summed E-state index contributed by atoms with van der Waals surface area (Å²) in [7, 11) is -1.10. The first-order valence-electron chi connectivity index (χ1n) is 33.0. The van der Waals surface area contributed by atoms with Gasteiger partial charge in [0, 0.05) is 122 Å². The smallest absolute Gasteiger partial charge is 0.335 e. The van der Waals surface area contributed by atoms with Crippen LogP contribution in [0.5, 0.6) is 0 Å². The SMILES string of the molecule is C#C[Si](C)(C)C.C#Cc1ccc(Cn2ccnc2)c(C)c1.Cc1cc(Br)ccc1CBr.Cc1cc(Br)ccc1CO.Cc1cc(Br)ccc1Cn1ccnc1.Cc1cc(C#Cc2ccc(C(=O)O)cc2)ccc1Cn1ccnc1.Cc1cc(C#Cc2ccc(CC(=O)O)cc2)ccc1Cn1ccnc1. The van der Waals surface area contributed by atoms with Crippen LogP contribution in [0.15, 0.2) is 246 Å². The molecule has 0 radical (unpaired) electrons. The predicted molar refractivity (Wildman–Crippen MR) is 437 cm³/mol. The third-order valence-corrected chi connectivity index (χ3v) is 18.6. The molecule has 0 saturated carbocycles. The van der Waals surface area contributed by atoms with Gasteiger partial charge in [0.2, 0.25) is 0 Å². The highest BCUT2D eigenvalue weighted by atomic mass is 79.9. The van der Waals surface area contributed by atoms with E-state index < -0.39 is 20.0 Å². The molecule has 8 aromatic carbocycles. The van der Waals surface area contributed by atoms with Gasteiger partial charge in [0.15, 0.2) is 0 Å². The molecule has 0 aliphatic rings. The number of nitrogens with zero attached hydrogens (tertiary/aromatic N) is 8. The lowest BCUT2D eigenvalue weighted by Gasteiger charge is -2.07. The van der Waals surface area contributed by atoms with Gasteiger partial charge in [-0.3, -0.25) is 4.79 Å². The summed E-state index contributed by atoms with van der Waals surface area (Å²) in [5, 5.41) is 27.4. The van der Waals surface area contributed by atoms with E-state index in [0.29, 0.717) is 0 Å². The average Bonchev–Trinajstić information content (AvgIpc) is 1.35. The standard InChI is InChI=1S/C21H18N2O2.C20H16N2O2.C13H12N2.C11H11BrN2.C8H8Br2.C8H9BrO.C5H10Si/c1-16-12-18(8-9-20(16)14-23-11-10-22-15-23)5-2-17-3-6-19(7-4-17)13-21(24)25;1-15-12-17(6-9-19(15)13-22-11-10-21-14-22)3-2-16-4-7-18(8-5-16)20(23)24;1-3-12-4-5-13(11(2)8-12)9-15-7-6-14-10-15;1-9-6-11(12)3-2-10(9)7-14-5-4-13-8-14;1-6-4-8(10)3-2-7(6)5-9;1-6-4-8(9)3-2-7(6)5-10;1-5-6(2,3)4/h3-4,6-12,15H,13-14H2,1H3,(H,24,25);4-12,14H,13H2,1H3,(H,23,24);1,4-8,10H,9H2,2H3;2-6,8H,7H2,1H3;2-4H,5H2,1H3;2-4,10H,5H2,1H3;1H,2-4H3. The molecule has 13 nitrogen and oxygen atoms in total. The Morgan fingerprint density at radius 2 is 0.721 bits per heavy atom. The maximum absolute atomic E-state index is 10.8. The Balaban J connectivity index is 0.000000199. The number of aryl methyl sites for hydroxylation is 6. The summed E-state index contributed by atoms with van der Waals surface area (Å²) in [5.41, 5.74) is 23.0. The van der Waals surface area contributed by atoms with Gasteiger partial charge in [0.05, 0.1) is 43.9 Å². The molecule has 12 aromatic rings. The van der Waals surface area contributed by atoms with Crippen molar-refractivity contribution in [2.75, 3.05) is 0 Å². The topological polar surface area (TPSA) is 166 Å². The molecule has 0 bridgehead atoms. The van der Waals surface area contributed by atoms with Crippen molar-refractivity contribution in [1.82, 2.24) is 38.2 Å². The number of rotatable bonds is 13. The van der Waals surface area contributed by atoms with Crippen LogP contribution in [0.4, 0.5) is 0 Å². The molecule has 0 aliphatic heterocycles. The Kier molecular flexibility index (Phi) is 34.3. The lowest BCUT2D eigenvalue weighted by atomic mass is 10.0. The number of carbonyl (C=O) groups is 2. The predicted octanol–water partition coefficient (Wildman–Crippen LogP) is 19.2. The maximum atomic E-state index is 10.8. The largest absolute Gasteiger partial charge is 0.481 e. The second kappa shape index (κ2) is 43.1. The number of hydrogen-bond acceptors (Lipinski definition) is 7. The molecule has 0 saturated heterocycles. The van der Waals surface area contributed by atoms with Gasteiger partial charge < -0.3 is 33.6 Å². The number of aromatic nitrogens is 8. The van der Waals surface area contributed by atoms with E-state index in [4.69, 9.17) is 28.2 Å². The minimum Gasteiger partial charge on any atom is -0.481 e. The van der Waals surface area contributed by atoms with Crippen LogP contribution in [0.2, 0.25) is 19.6 Å². The molecule has 0 unspecified atom stereocenters. The van der Waals surface area contributed by atoms with Crippen molar-refractivity contribution in [2.45, 2.75) is 106 Å². The zero-order valence-corrected chi connectivity index (χ0v) is 67.1. The van der Waals surface area contributed by atoms with Gasteiger partial charge >= 0.3 is 11.9 Å². The van der Waals surface area contributed by atoms with Crippen LogP contribution in [-0.4, -0.2) is 73.5 Å². The molecule has 0 amide bonds. The Morgan fingerprint density at radius 3 is 1.01 bits per heavy atom. The Bertz CT molecular complexity index is 4870. The molecule has 104 heavy (non-hydrogen) atoms.